The number of hydrogen-bond acceptors (Lipinski definition) is 7. The van der Waals surface area contributed by atoms with Gasteiger partial charge in [-0.2, -0.15) is 18.8 Å². The molecule has 0 aliphatic heterocycles. The molecule has 31 heavy (non-hydrogen) atoms. The number of aromatic nitrogens is 3. The molecule has 0 amide bonds. The van der Waals surface area contributed by atoms with E-state index in [1.54, 1.807) is 34.9 Å². The Labute approximate surface area is 191 Å². The highest BCUT2D eigenvalue weighted by Gasteiger charge is 2.21. The van der Waals surface area contributed by atoms with Crippen LogP contribution in [-0.2, 0) is 27.8 Å². The van der Waals surface area contributed by atoms with Crippen molar-refractivity contribution in [2.24, 2.45) is 0 Å². The Bertz CT molecular complexity index is 1220. The van der Waals surface area contributed by atoms with Crippen molar-refractivity contribution in [3.8, 4) is 11.8 Å². The van der Waals surface area contributed by atoms with Crippen molar-refractivity contribution in [2.75, 3.05) is 6.26 Å². The smallest absolute Gasteiger partial charge is 0.306 e. The van der Waals surface area contributed by atoms with E-state index in [1.807, 2.05) is 26.0 Å². The van der Waals surface area contributed by atoms with E-state index < -0.39 is 15.5 Å². The summed E-state index contributed by atoms with van der Waals surface area (Å²) in [6, 6.07) is 13.5. The SMILES string of the molecule is CC(C)(C#N)c1cc(CSc2ccc(OS(C)(=O)=O)c(Cl)c2)cc(Cn2cncn2)c1. The van der Waals surface area contributed by atoms with Gasteiger partial charge in [-0.15, -0.1) is 11.8 Å². The van der Waals surface area contributed by atoms with Crippen LogP contribution in [0.25, 0.3) is 0 Å². The summed E-state index contributed by atoms with van der Waals surface area (Å²) in [5.41, 5.74) is 2.37. The van der Waals surface area contributed by atoms with Gasteiger partial charge in [0.25, 0.3) is 0 Å². The average molecular weight is 477 g/mol. The van der Waals surface area contributed by atoms with E-state index in [-0.39, 0.29) is 10.8 Å². The molecule has 0 saturated heterocycles. The highest BCUT2D eigenvalue weighted by molar-refractivity contribution is 7.98. The van der Waals surface area contributed by atoms with Crippen LogP contribution in [0, 0.1) is 11.3 Å². The Morgan fingerprint density at radius 2 is 1.97 bits per heavy atom. The van der Waals surface area contributed by atoms with Crippen molar-refractivity contribution in [2.45, 2.75) is 36.5 Å². The van der Waals surface area contributed by atoms with Crippen LogP contribution < -0.4 is 4.18 Å². The summed E-state index contributed by atoms with van der Waals surface area (Å²) >= 11 is 7.72. The molecule has 7 nitrogen and oxygen atoms in total. The van der Waals surface area contributed by atoms with Crippen molar-refractivity contribution >= 4 is 33.5 Å². The van der Waals surface area contributed by atoms with Gasteiger partial charge in [0.1, 0.15) is 12.7 Å². The lowest BCUT2D eigenvalue weighted by Crippen LogP contribution is -2.15. The summed E-state index contributed by atoms with van der Waals surface area (Å²) in [6.07, 6.45) is 4.11. The molecule has 0 fully saturated rings. The fourth-order valence-electron chi connectivity index (χ4n) is 2.83. The lowest BCUT2D eigenvalue weighted by Gasteiger charge is -2.19. The van der Waals surface area contributed by atoms with E-state index in [0.717, 1.165) is 27.8 Å². The first-order chi connectivity index (χ1) is 14.6. The maximum absolute atomic E-state index is 11.3. The predicted molar refractivity (Wildman–Crippen MR) is 121 cm³/mol. The molecular weight excluding hydrogens is 456 g/mol. The van der Waals surface area contributed by atoms with Gasteiger partial charge >= 0.3 is 10.1 Å². The lowest BCUT2D eigenvalue weighted by molar-refractivity contribution is 0.493. The molecule has 3 rings (SSSR count). The number of halogens is 1. The molecule has 0 unspecified atom stereocenters. The quantitative estimate of drug-likeness (QED) is 0.350. The van der Waals surface area contributed by atoms with Crippen LogP contribution in [0.15, 0.2) is 53.9 Å². The molecule has 1 aromatic heterocycles. The Morgan fingerprint density at radius 3 is 2.58 bits per heavy atom. The molecule has 0 radical (unpaired) electrons. The molecule has 0 atom stereocenters. The minimum absolute atomic E-state index is 0.0985. The highest BCUT2D eigenvalue weighted by Crippen LogP contribution is 2.33. The van der Waals surface area contributed by atoms with Crippen LogP contribution in [-0.4, -0.2) is 29.4 Å². The summed E-state index contributed by atoms with van der Waals surface area (Å²) < 4.78 is 29.2. The lowest BCUT2D eigenvalue weighted by atomic mass is 9.84. The van der Waals surface area contributed by atoms with Crippen LogP contribution >= 0.6 is 23.4 Å². The van der Waals surface area contributed by atoms with Crippen LogP contribution in [0.5, 0.6) is 5.75 Å². The summed E-state index contributed by atoms with van der Waals surface area (Å²) in [5.74, 6) is 0.740. The maximum atomic E-state index is 11.3. The normalized spacial score (nSPS) is 11.8. The number of nitrogens with zero attached hydrogens (tertiary/aromatic N) is 4. The third kappa shape index (κ3) is 6.47. The van der Waals surface area contributed by atoms with E-state index in [4.69, 9.17) is 15.8 Å². The molecule has 3 aromatic rings. The van der Waals surface area contributed by atoms with E-state index in [0.29, 0.717) is 12.3 Å². The van der Waals surface area contributed by atoms with Crippen LogP contribution in [0.2, 0.25) is 5.02 Å². The number of benzene rings is 2. The Kier molecular flexibility index (Phi) is 6.94. The summed E-state index contributed by atoms with van der Waals surface area (Å²) in [4.78, 5) is 4.85. The van der Waals surface area contributed by atoms with E-state index in [1.165, 1.54) is 12.4 Å². The van der Waals surface area contributed by atoms with Crippen LogP contribution in [0.3, 0.4) is 0 Å². The van der Waals surface area contributed by atoms with Gasteiger partial charge in [0.15, 0.2) is 5.75 Å². The standard InChI is InChI=1S/C21H21ClN4O3S2/c1-21(2,12-23)17-7-15(10-26-14-24-13-25-26)6-16(8-17)11-30-18-4-5-20(19(22)9-18)29-31(3,27)28/h4-9,13-14H,10-11H2,1-3H3. The molecule has 2 aromatic carbocycles. The minimum atomic E-state index is -3.64. The van der Waals surface area contributed by atoms with Crippen molar-refractivity contribution in [3.63, 3.8) is 0 Å². The fourth-order valence-corrected chi connectivity index (χ4v) is 4.50. The Hall–Kier alpha value is -2.54. The first-order valence-corrected chi connectivity index (χ1v) is 12.4. The zero-order chi connectivity index (χ0) is 22.6. The summed E-state index contributed by atoms with van der Waals surface area (Å²) in [6.45, 7) is 4.33. The van der Waals surface area contributed by atoms with E-state index >= 15 is 0 Å². The molecular formula is C21H21ClN4O3S2. The largest absolute Gasteiger partial charge is 0.381 e. The number of nitriles is 1. The monoisotopic (exact) mass is 476 g/mol. The van der Waals surface area contributed by atoms with Gasteiger partial charge < -0.3 is 4.18 Å². The van der Waals surface area contributed by atoms with Gasteiger partial charge in [0, 0.05) is 10.6 Å². The first-order valence-electron chi connectivity index (χ1n) is 9.24. The van der Waals surface area contributed by atoms with Crippen LogP contribution in [0.4, 0.5) is 0 Å². The molecule has 1 heterocycles. The topological polar surface area (TPSA) is 97.9 Å². The second-order valence-electron chi connectivity index (χ2n) is 7.54. The number of hydrogen-bond donors (Lipinski definition) is 0. The second kappa shape index (κ2) is 9.30. The van der Waals surface area contributed by atoms with Crippen molar-refractivity contribution in [1.82, 2.24) is 14.8 Å². The van der Waals surface area contributed by atoms with E-state index in [9.17, 15) is 13.7 Å². The molecule has 0 saturated carbocycles. The van der Waals surface area contributed by atoms with Crippen molar-refractivity contribution < 1.29 is 12.6 Å². The molecule has 0 spiro atoms. The molecule has 10 heteroatoms. The van der Waals surface area contributed by atoms with Gasteiger partial charge in [0.05, 0.1) is 29.3 Å². The van der Waals surface area contributed by atoms with Gasteiger partial charge in [-0.1, -0.05) is 29.8 Å². The summed E-state index contributed by atoms with van der Waals surface area (Å²) in [7, 11) is -3.64. The molecule has 162 valence electrons. The summed E-state index contributed by atoms with van der Waals surface area (Å²) in [5, 5.41) is 14.0. The van der Waals surface area contributed by atoms with Crippen molar-refractivity contribution in [3.05, 3.63) is 70.8 Å². The maximum Gasteiger partial charge on any atom is 0.306 e. The first kappa shape index (κ1) is 23.1. The second-order valence-corrected chi connectivity index (χ2v) is 10.6. The third-order valence-electron chi connectivity index (χ3n) is 4.41. The molecule has 0 aliphatic carbocycles. The molecule has 0 bridgehead atoms. The van der Waals surface area contributed by atoms with Gasteiger partial charge in [0.2, 0.25) is 0 Å². The number of thioether (sulfide) groups is 1. The molecule has 0 N–H and O–H groups in total. The predicted octanol–water partition coefficient (Wildman–Crippen LogP) is 4.41. The zero-order valence-corrected chi connectivity index (χ0v) is 19.6. The fraction of sp³-hybridized carbons (Fsp3) is 0.286. The minimum Gasteiger partial charge on any atom is -0.381 e. The third-order valence-corrected chi connectivity index (χ3v) is 6.26. The van der Waals surface area contributed by atoms with Gasteiger partial charge in [-0.3, -0.25) is 0 Å². The van der Waals surface area contributed by atoms with Crippen LogP contribution in [0.1, 0.15) is 30.5 Å². The van der Waals surface area contributed by atoms with E-state index in [2.05, 4.69) is 22.2 Å². The highest BCUT2D eigenvalue weighted by atomic mass is 35.5. The zero-order valence-electron chi connectivity index (χ0n) is 17.2. The number of rotatable bonds is 8. The van der Waals surface area contributed by atoms with Crippen molar-refractivity contribution in [1.29, 1.82) is 5.26 Å². The Morgan fingerprint density at radius 1 is 1.23 bits per heavy atom. The van der Waals surface area contributed by atoms with Gasteiger partial charge in [-0.25, -0.2) is 9.67 Å². The Balaban J connectivity index is 1.82. The van der Waals surface area contributed by atoms with Gasteiger partial charge in [-0.05, 0) is 48.7 Å². The molecule has 0 aliphatic rings. The average Bonchev–Trinajstić information content (AvgIpc) is 3.20.